The molecule has 4 heteroatoms. The number of anilines is 1. The van der Waals surface area contributed by atoms with Gasteiger partial charge in [0.1, 0.15) is 17.9 Å². The van der Waals surface area contributed by atoms with E-state index in [-0.39, 0.29) is 0 Å². The van der Waals surface area contributed by atoms with Gasteiger partial charge in [0.05, 0.1) is 7.11 Å². The van der Waals surface area contributed by atoms with Gasteiger partial charge in [-0.05, 0) is 12.0 Å². The summed E-state index contributed by atoms with van der Waals surface area (Å²) >= 11 is 0. The van der Waals surface area contributed by atoms with E-state index >= 15 is 0 Å². The van der Waals surface area contributed by atoms with Crippen molar-refractivity contribution in [2.75, 3.05) is 12.4 Å². The number of methoxy groups -OCH3 is 1. The Bertz CT molecular complexity index is 540. The first-order valence-electron chi connectivity index (χ1n) is 6.38. The molecule has 1 heterocycles. The van der Waals surface area contributed by atoms with Gasteiger partial charge in [-0.25, -0.2) is 9.97 Å². The van der Waals surface area contributed by atoms with Crippen LogP contribution in [0.3, 0.4) is 0 Å². The first-order valence-corrected chi connectivity index (χ1v) is 6.38. The topological polar surface area (TPSA) is 47.0 Å². The van der Waals surface area contributed by atoms with Gasteiger partial charge in [0.15, 0.2) is 0 Å². The highest BCUT2D eigenvalue weighted by atomic mass is 16.5. The number of para-hydroxylation sites is 1. The lowest BCUT2D eigenvalue weighted by Crippen LogP contribution is -2.04. The van der Waals surface area contributed by atoms with Crippen molar-refractivity contribution >= 4 is 5.82 Å². The Labute approximate surface area is 113 Å². The summed E-state index contributed by atoms with van der Waals surface area (Å²) in [6, 6.07) is 9.94. The minimum Gasteiger partial charge on any atom is -0.496 e. The van der Waals surface area contributed by atoms with E-state index in [0.29, 0.717) is 12.5 Å². The van der Waals surface area contributed by atoms with E-state index < -0.39 is 0 Å². The predicted octanol–water partition coefficient (Wildman–Crippen LogP) is 3.22. The summed E-state index contributed by atoms with van der Waals surface area (Å²) in [6.45, 7) is 4.91. The molecule has 0 amide bonds. The number of hydrogen-bond acceptors (Lipinski definition) is 4. The second-order valence-corrected chi connectivity index (χ2v) is 4.65. The quantitative estimate of drug-likeness (QED) is 0.893. The van der Waals surface area contributed by atoms with Crippen LogP contribution < -0.4 is 10.1 Å². The fourth-order valence-corrected chi connectivity index (χ4v) is 1.82. The first-order chi connectivity index (χ1) is 9.20. The van der Waals surface area contributed by atoms with Gasteiger partial charge < -0.3 is 10.1 Å². The van der Waals surface area contributed by atoms with E-state index in [1.165, 1.54) is 0 Å². The van der Waals surface area contributed by atoms with Gasteiger partial charge in [-0.3, -0.25) is 0 Å². The van der Waals surface area contributed by atoms with Crippen molar-refractivity contribution in [2.45, 2.75) is 26.3 Å². The molecule has 4 nitrogen and oxygen atoms in total. The second kappa shape index (κ2) is 6.18. The highest BCUT2D eigenvalue weighted by Crippen LogP contribution is 2.19. The smallest absolute Gasteiger partial charge is 0.129 e. The van der Waals surface area contributed by atoms with Crippen LogP contribution in [0, 0.1) is 0 Å². The van der Waals surface area contributed by atoms with Crippen molar-refractivity contribution in [3.63, 3.8) is 0 Å². The SMILES string of the molecule is COc1ccccc1CNc1cc(C(C)C)ncn1. The van der Waals surface area contributed by atoms with Crippen molar-refractivity contribution in [1.29, 1.82) is 0 Å². The van der Waals surface area contributed by atoms with E-state index in [1.807, 2.05) is 30.3 Å². The molecule has 0 saturated carbocycles. The van der Waals surface area contributed by atoms with Crippen molar-refractivity contribution in [1.82, 2.24) is 9.97 Å². The van der Waals surface area contributed by atoms with Crippen LogP contribution in [0.5, 0.6) is 5.75 Å². The number of hydrogen-bond donors (Lipinski definition) is 1. The number of aromatic nitrogens is 2. The highest BCUT2D eigenvalue weighted by Gasteiger charge is 2.04. The predicted molar refractivity (Wildman–Crippen MR) is 76.4 cm³/mol. The second-order valence-electron chi connectivity index (χ2n) is 4.65. The zero-order valence-electron chi connectivity index (χ0n) is 11.6. The molecule has 0 spiro atoms. The Balaban J connectivity index is 2.08. The molecule has 0 atom stereocenters. The summed E-state index contributed by atoms with van der Waals surface area (Å²) in [7, 11) is 1.68. The molecular formula is C15H19N3O. The van der Waals surface area contributed by atoms with Crippen LogP contribution >= 0.6 is 0 Å². The average Bonchev–Trinajstić information content (AvgIpc) is 2.45. The lowest BCUT2D eigenvalue weighted by atomic mass is 10.1. The van der Waals surface area contributed by atoms with E-state index in [0.717, 1.165) is 22.8 Å². The molecule has 0 fully saturated rings. The Hall–Kier alpha value is -2.10. The first kappa shape index (κ1) is 13.3. The standard InChI is InChI=1S/C15H19N3O/c1-11(2)13-8-15(18-10-17-13)16-9-12-6-4-5-7-14(12)19-3/h4-8,10-11H,9H2,1-3H3,(H,16,17,18). The molecule has 0 radical (unpaired) electrons. The molecule has 0 aliphatic rings. The zero-order valence-corrected chi connectivity index (χ0v) is 11.6. The zero-order chi connectivity index (χ0) is 13.7. The van der Waals surface area contributed by atoms with Crippen molar-refractivity contribution in [3.05, 3.63) is 47.9 Å². The van der Waals surface area contributed by atoms with E-state index in [1.54, 1.807) is 13.4 Å². The number of ether oxygens (including phenoxy) is 1. The van der Waals surface area contributed by atoms with Crippen molar-refractivity contribution in [3.8, 4) is 5.75 Å². The maximum Gasteiger partial charge on any atom is 0.129 e. The fraction of sp³-hybridized carbons (Fsp3) is 0.333. The van der Waals surface area contributed by atoms with Crippen LogP contribution in [0.2, 0.25) is 0 Å². The minimum atomic E-state index is 0.398. The van der Waals surface area contributed by atoms with E-state index in [9.17, 15) is 0 Å². The fourth-order valence-electron chi connectivity index (χ4n) is 1.82. The molecule has 1 N–H and O–H groups in total. The minimum absolute atomic E-state index is 0.398. The van der Waals surface area contributed by atoms with Gasteiger partial charge in [-0.1, -0.05) is 32.0 Å². The number of nitrogens with zero attached hydrogens (tertiary/aromatic N) is 2. The van der Waals surface area contributed by atoms with Gasteiger partial charge in [0.25, 0.3) is 0 Å². The Kier molecular flexibility index (Phi) is 4.34. The summed E-state index contributed by atoms with van der Waals surface area (Å²) in [5.41, 5.74) is 2.15. The van der Waals surface area contributed by atoms with Gasteiger partial charge in [0.2, 0.25) is 0 Å². The molecule has 1 aromatic heterocycles. The largest absolute Gasteiger partial charge is 0.496 e. The molecule has 0 bridgehead atoms. The number of rotatable bonds is 5. The summed E-state index contributed by atoms with van der Waals surface area (Å²) in [5, 5.41) is 3.30. The average molecular weight is 257 g/mol. The summed E-state index contributed by atoms with van der Waals surface area (Å²) in [5.74, 6) is 2.12. The van der Waals surface area contributed by atoms with Crippen molar-refractivity contribution in [2.24, 2.45) is 0 Å². The number of nitrogens with one attached hydrogen (secondary N) is 1. The van der Waals surface area contributed by atoms with Crippen LogP contribution in [0.15, 0.2) is 36.7 Å². The van der Waals surface area contributed by atoms with Gasteiger partial charge >= 0.3 is 0 Å². The molecule has 0 aliphatic carbocycles. The Morgan fingerprint density at radius 2 is 2.00 bits per heavy atom. The van der Waals surface area contributed by atoms with Crippen LogP contribution in [0.25, 0.3) is 0 Å². The molecule has 100 valence electrons. The van der Waals surface area contributed by atoms with E-state index in [2.05, 4.69) is 29.1 Å². The molecule has 0 saturated heterocycles. The summed E-state index contributed by atoms with van der Waals surface area (Å²) in [6.07, 6.45) is 1.60. The molecule has 19 heavy (non-hydrogen) atoms. The number of benzene rings is 1. The third kappa shape index (κ3) is 3.44. The van der Waals surface area contributed by atoms with Crippen LogP contribution in [0.1, 0.15) is 31.0 Å². The maximum atomic E-state index is 5.32. The van der Waals surface area contributed by atoms with Gasteiger partial charge in [-0.2, -0.15) is 0 Å². The highest BCUT2D eigenvalue weighted by molar-refractivity contribution is 5.40. The normalized spacial score (nSPS) is 10.5. The molecule has 2 aromatic rings. The molecule has 0 aliphatic heterocycles. The lowest BCUT2D eigenvalue weighted by molar-refractivity contribution is 0.410. The lowest BCUT2D eigenvalue weighted by Gasteiger charge is -2.11. The third-order valence-electron chi connectivity index (χ3n) is 2.93. The third-order valence-corrected chi connectivity index (χ3v) is 2.93. The van der Waals surface area contributed by atoms with Crippen molar-refractivity contribution < 1.29 is 4.74 Å². The summed E-state index contributed by atoms with van der Waals surface area (Å²) in [4.78, 5) is 8.48. The Morgan fingerprint density at radius 3 is 2.74 bits per heavy atom. The van der Waals surface area contributed by atoms with Gasteiger partial charge in [0, 0.05) is 23.9 Å². The van der Waals surface area contributed by atoms with Gasteiger partial charge in [-0.15, -0.1) is 0 Å². The van der Waals surface area contributed by atoms with Crippen LogP contribution in [-0.4, -0.2) is 17.1 Å². The summed E-state index contributed by atoms with van der Waals surface area (Å²) < 4.78 is 5.32. The van der Waals surface area contributed by atoms with Crippen LogP contribution in [0.4, 0.5) is 5.82 Å². The molecule has 0 unspecified atom stereocenters. The monoisotopic (exact) mass is 257 g/mol. The van der Waals surface area contributed by atoms with Crippen LogP contribution in [-0.2, 0) is 6.54 Å². The molecule has 1 aromatic carbocycles. The molecular weight excluding hydrogens is 238 g/mol. The molecule has 2 rings (SSSR count). The Morgan fingerprint density at radius 1 is 1.21 bits per heavy atom. The van der Waals surface area contributed by atoms with E-state index in [4.69, 9.17) is 4.74 Å². The maximum absolute atomic E-state index is 5.32.